The number of amides is 1. The van der Waals surface area contributed by atoms with Crippen LogP contribution in [0.25, 0.3) is 10.9 Å². The van der Waals surface area contributed by atoms with Gasteiger partial charge < -0.3 is 20.3 Å². The molecule has 2 fully saturated rings. The zero-order valence-corrected chi connectivity index (χ0v) is 18.9. The quantitative estimate of drug-likeness (QED) is 0.565. The number of piperazine rings is 1. The number of nitrogens with one attached hydrogen (secondary N) is 2. The second-order valence-corrected chi connectivity index (χ2v) is 8.75. The van der Waals surface area contributed by atoms with Crippen LogP contribution in [0.1, 0.15) is 36.0 Å². The first-order valence-corrected chi connectivity index (χ1v) is 11.8. The van der Waals surface area contributed by atoms with Gasteiger partial charge in [-0.05, 0) is 43.5 Å². The highest BCUT2D eigenvalue weighted by Crippen LogP contribution is 2.31. The Balaban J connectivity index is 1.35. The molecule has 1 saturated heterocycles. The van der Waals surface area contributed by atoms with Crippen molar-refractivity contribution in [3.8, 4) is 11.8 Å². The molecule has 1 amide bonds. The molecule has 2 aromatic rings. The molecule has 174 valence electrons. The van der Waals surface area contributed by atoms with Gasteiger partial charge in [-0.15, -0.1) is 0 Å². The molecule has 1 saturated carbocycles. The summed E-state index contributed by atoms with van der Waals surface area (Å²) >= 11 is 0. The number of pyridine rings is 1. The van der Waals surface area contributed by atoms with Crippen molar-refractivity contribution in [3.05, 3.63) is 36.0 Å². The van der Waals surface area contributed by atoms with Crippen molar-refractivity contribution in [1.29, 1.82) is 5.26 Å². The molecule has 33 heavy (non-hydrogen) atoms. The Hall–Kier alpha value is -3.02. The van der Waals surface area contributed by atoms with Crippen molar-refractivity contribution >= 4 is 22.6 Å². The lowest BCUT2D eigenvalue weighted by Crippen LogP contribution is -2.43. The highest BCUT2D eigenvalue weighted by atomic mass is 16.5. The molecule has 4 rings (SSSR count). The molecule has 8 heteroatoms. The van der Waals surface area contributed by atoms with Crippen molar-refractivity contribution in [3.63, 3.8) is 0 Å². The van der Waals surface area contributed by atoms with Gasteiger partial charge in [0.15, 0.2) is 5.78 Å². The summed E-state index contributed by atoms with van der Waals surface area (Å²) in [6.45, 7) is 5.76. The van der Waals surface area contributed by atoms with Gasteiger partial charge in [0.1, 0.15) is 5.75 Å². The van der Waals surface area contributed by atoms with E-state index in [0.29, 0.717) is 28.8 Å². The number of carbonyl (C=O) groups excluding carboxylic acids is 2. The Bertz CT molecular complexity index is 1030. The fraction of sp³-hybridized carbons (Fsp3) is 0.520. The number of rotatable bonds is 9. The number of hydrogen-bond donors (Lipinski definition) is 2. The van der Waals surface area contributed by atoms with E-state index in [1.54, 1.807) is 12.3 Å². The third-order valence-corrected chi connectivity index (χ3v) is 6.57. The summed E-state index contributed by atoms with van der Waals surface area (Å²) in [5, 5.41) is 16.0. The summed E-state index contributed by atoms with van der Waals surface area (Å²) in [5.41, 5.74) is 1.16. The lowest BCUT2D eigenvalue weighted by atomic mass is 9.93. The lowest BCUT2D eigenvalue weighted by Gasteiger charge is -2.26. The minimum absolute atomic E-state index is 0.0618. The van der Waals surface area contributed by atoms with Crippen LogP contribution in [0.15, 0.2) is 30.5 Å². The van der Waals surface area contributed by atoms with Gasteiger partial charge in [0.2, 0.25) is 0 Å². The number of nitriles is 1. The average molecular weight is 450 g/mol. The number of benzene rings is 1. The molecule has 1 aromatic carbocycles. The minimum Gasteiger partial charge on any atom is -0.494 e. The fourth-order valence-electron chi connectivity index (χ4n) is 4.72. The molecule has 8 nitrogen and oxygen atoms in total. The Morgan fingerprint density at radius 2 is 2.09 bits per heavy atom. The van der Waals surface area contributed by atoms with E-state index in [0.717, 1.165) is 58.4 Å². The van der Waals surface area contributed by atoms with Crippen molar-refractivity contribution in [2.75, 3.05) is 45.9 Å². The maximum atomic E-state index is 12.9. The van der Waals surface area contributed by atoms with E-state index >= 15 is 0 Å². The van der Waals surface area contributed by atoms with Crippen LogP contribution in [-0.2, 0) is 4.79 Å². The lowest BCUT2D eigenvalue weighted by molar-refractivity contribution is -0.122. The molecule has 0 radical (unpaired) electrons. The SMILES string of the molecule is N#C[C@@H]1CCCC1C(=O)CNC(=O)c1ccnc2ccc(OCCCN3CCNCC3)cc12. The first-order valence-electron chi connectivity index (χ1n) is 11.8. The standard InChI is InChI=1S/C25H31N5O3/c26-16-18-3-1-4-20(18)24(31)17-29-25(32)21-7-8-28-23-6-5-19(15-22(21)23)33-14-2-11-30-12-9-27-10-13-30/h5-8,15,18,20,27H,1-4,9-14,17H2,(H,29,32)/t18-,20?/m0/s1. The molecule has 2 atom stereocenters. The first kappa shape index (κ1) is 23.1. The predicted octanol–water partition coefficient (Wildman–Crippen LogP) is 2.15. The van der Waals surface area contributed by atoms with Crippen molar-refractivity contribution in [2.45, 2.75) is 25.7 Å². The summed E-state index contributed by atoms with van der Waals surface area (Å²) in [7, 11) is 0. The number of ether oxygens (including phenoxy) is 1. The maximum Gasteiger partial charge on any atom is 0.252 e. The fourth-order valence-corrected chi connectivity index (χ4v) is 4.72. The van der Waals surface area contributed by atoms with Crippen LogP contribution in [0.3, 0.4) is 0 Å². The number of carbonyl (C=O) groups is 2. The van der Waals surface area contributed by atoms with E-state index in [1.165, 1.54) is 0 Å². The number of ketones is 1. The van der Waals surface area contributed by atoms with E-state index in [1.807, 2.05) is 18.2 Å². The van der Waals surface area contributed by atoms with Gasteiger partial charge in [-0.3, -0.25) is 14.6 Å². The normalized spacial score (nSPS) is 20.9. The summed E-state index contributed by atoms with van der Waals surface area (Å²) in [4.78, 5) is 32.2. The molecule has 2 heterocycles. The Morgan fingerprint density at radius 1 is 1.24 bits per heavy atom. The van der Waals surface area contributed by atoms with Crippen LogP contribution in [0, 0.1) is 23.2 Å². The molecule has 0 bridgehead atoms. The Labute approximate surface area is 194 Å². The highest BCUT2D eigenvalue weighted by molar-refractivity contribution is 6.07. The van der Waals surface area contributed by atoms with Gasteiger partial charge in [0, 0.05) is 50.2 Å². The zero-order valence-electron chi connectivity index (χ0n) is 18.9. The van der Waals surface area contributed by atoms with Gasteiger partial charge in [-0.25, -0.2) is 0 Å². The summed E-state index contributed by atoms with van der Waals surface area (Å²) in [5.74, 6) is -0.200. The maximum absolute atomic E-state index is 12.9. The number of Topliss-reactive ketones (excluding diaryl/α,β-unsaturated/α-hetero) is 1. The van der Waals surface area contributed by atoms with Gasteiger partial charge in [-0.1, -0.05) is 6.42 Å². The van der Waals surface area contributed by atoms with Gasteiger partial charge in [-0.2, -0.15) is 5.26 Å². The summed E-state index contributed by atoms with van der Waals surface area (Å²) in [6.07, 6.45) is 4.89. The molecular formula is C25H31N5O3. The number of fused-ring (bicyclic) bond motifs is 1. The van der Waals surface area contributed by atoms with Crippen LogP contribution in [0.5, 0.6) is 5.75 Å². The largest absolute Gasteiger partial charge is 0.494 e. The average Bonchev–Trinajstić information content (AvgIpc) is 3.34. The number of hydrogen-bond acceptors (Lipinski definition) is 7. The Morgan fingerprint density at radius 3 is 2.91 bits per heavy atom. The van der Waals surface area contributed by atoms with Gasteiger partial charge in [0.05, 0.1) is 36.2 Å². The molecule has 1 aliphatic carbocycles. The van der Waals surface area contributed by atoms with Crippen LogP contribution in [0.2, 0.25) is 0 Å². The van der Waals surface area contributed by atoms with E-state index < -0.39 is 0 Å². The zero-order chi connectivity index (χ0) is 23.0. The molecule has 1 aromatic heterocycles. The molecule has 2 N–H and O–H groups in total. The monoisotopic (exact) mass is 449 g/mol. The summed E-state index contributed by atoms with van der Waals surface area (Å²) < 4.78 is 5.94. The summed E-state index contributed by atoms with van der Waals surface area (Å²) in [6, 6.07) is 9.43. The predicted molar refractivity (Wildman–Crippen MR) is 125 cm³/mol. The first-order chi connectivity index (χ1) is 16.2. The Kier molecular flexibility index (Phi) is 7.87. The van der Waals surface area contributed by atoms with Crippen LogP contribution < -0.4 is 15.4 Å². The molecule has 1 unspecified atom stereocenters. The van der Waals surface area contributed by atoms with Crippen molar-refractivity contribution < 1.29 is 14.3 Å². The number of nitrogens with zero attached hydrogens (tertiary/aromatic N) is 3. The third-order valence-electron chi connectivity index (χ3n) is 6.57. The van der Waals surface area contributed by atoms with Gasteiger partial charge >= 0.3 is 0 Å². The van der Waals surface area contributed by atoms with Crippen molar-refractivity contribution in [1.82, 2.24) is 20.5 Å². The highest BCUT2D eigenvalue weighted by Gasteiger charge is 2.32. The van der Waals surface area contributed by atoms with E-state index in [4.69, 9.17) is 4.74 Å². The molecule has 2 aliphatic rings. The second-order valence-electron chi connectivity index (χ2n) is 8.75. The smallest absolute Gasteiger partial charge is 0.252 e. The van der Waals surface area contributed by atoms with Crippen LogP contribution in [-0.4, -0.2) is 67.4 Å². The van der Waals surface area contributed by atoms with E-state index in [2.05, 4.69) is 26.6 Å². The van der Waals surface area contributed by atoms with E-state index in [9.17, 15) is 14.9 Å². The minimum atomic E-state index is -0.321. The van der Waals surface area contributed by atoms with Crippen LogP contribution in [0.4, 0.5) is 0 Å². The molecule has 1 aliphatic heterocycles. The van der Waals surface area contributed by atoms with E-state index in [-0.39, 0.29) is 30.1 Å². The molecular weight excluding hydrogens is 418 g/mol. The topological polar surface area (TPSA) is 107 Å². The van der Waals surface area contributed by atoms with Gasteiger partial charge in [0.25, 0.3) is 5.91 Å². The van der Waals surface area contributed by atoms with Crippen LogP contribution >= 0.6 is 0 Å². The van der Waals surface area contributed by atoms with Crippen molar-refractivity contribution in [2.24, 2.45) is 11.8 Å². The number of aromatic nitrogens is 1. The molecule has 0 spiro atoms. The third kappa shape index (κ3) is 5.86. The second kappa shape index (κ2) is 11.2.